The van der Waals surface area contributed by atoms with Gasteiger partial charge in [-0.2, -0.15) is 0 Å². The molecule has 1 saturated heterocycles. The summed E-state index contributed by atoms with van der Waals surface area (Å²) in [7, 11) is 0. The Balaban J connectivity index is 2.41. The lowest BCUT2D eigenvalue weighted by Gasteiger charge is -2.33. The molecule has 0 aromatic heterocycles. The minimum atomic E-state index is -0.364. The molecule has 88 valence electrons. The van der Waals surface area contributed by atoms with E-state index in [4.69, 9.17) is 10.5 Å². The first-order chi connectivity index (χ1) is 6.94. The fraction of sp³-hybridized carbons (Fsp3) is 0.909. The van der Waals surface area contributed by atoms with E-state index in [1.807, 2.05) is 20.8 Å². The summed E-state index contributed by atoms with van der Waals surface area (Å²) in [4.78, 5) is 13.5. The summed E-state index contributed by atoms with van der Waals surface area (Å²) in [6.45, 7) is 7.32. The molecule has 1 heterocycles. The van der Waals surface area contributed by atoms with Crippen LogP contribution in [-0.2, 0) is 4.74 Å². The summed E-state index contributed by atoms with van der Waals surface area (Å²) in [5.41, 5.74) is 5.41. The van der Waals surface area contributed by atoms with E-state index in [2.05, 4.69) is 0 Å². The van der Waals surface area contributed by atoms with Crippen LogP contribution in [0.2, 0.25) is 0 Å². The monoisotopic (exact) mass is 214 g/mol. The number of ether oxygens (including phenoxy) is 1. The molecule has 2 N–H and O–H groups in total. The van der Waals surface area contributed by atoms with Crippen molar-refractivity contribution in [1.82, 2.24) is 4.90 Å². The standard InChI is InChI=1S/C11H22N2O2/c1-4-11(2,3)15-10(14)13-7-5-9(12)6-8-13/h9H,4-8,12H2,1-3H3. The molecule has 0 bridgehead atoms. The van der Waals surface area contributed by atoms with Crippen molar-refractivity contribution in [1.29, 1.82) is 0 Å². The second-order valence-electron chi connectivity index (χ2n) is 4.81. The summed E-state index contributed by atoms with van der Waals surface area (Å²) in [5.74, 6) is 0. The highest BCUT2D eigenvalue weighted by atomic mass is 16.6. The van der Waals surface area contributed by atoms with Gasteiger partial charge in [0.25, 0.3) is 0 Å². The van der Waals surface area contributed by atoms with Gasteiger partial charge in [-0.25, -0.2) is 4.79 Å². The molecule has 4 heteroatoms. The molecule has 0 unspecified atom stereocenters. The van der Waals surface area contributed by atoms with E-state index < -0.39 is 0 Å². The van der Waals surface area contributed by atoms with Gasteiger partial charge in [0.15, 0.2) is 0 Å². The maximum atomic E-state index is 11.7. The normalized spacial score (nSPS) is 19.1. The van der Waals surface area contributed by atoms with Gasteiger partial charge in [0, 0.05) is 19.1 Å². The van der Waals surface area contributed by atoms with E-state index >= 15 is 0 Å². The molecule has 15 heavy (non-hydrogen) atoms. The van der Waals surface area contributed by atoms with E-state index in [0.29, 0.717) is 0 Å². The van der Waals surface area contributed by atoms with Crippen LogP contribution in [-0.4, -0.2) is 35.7 Å². The van der Waals surface area contributed by atoms with E-state index in [9.17, 15) is 4.79 Å². The van der Waals surface area contributed by atoms with E-state index in [1.165, 1.54) is 0 Å². The Hall–Kier alpha value is -0.770. The fourth-order valence-corrected chi connectivity index (χ4v) is 1.46. The van der Waals surface area contributed by atoms with Gasteiger partial charge in [-0.05, 0) is 33.1 Å². The second-order valence-corrected chi connectivity index (χ2v) is 4.81. The van der Waals surface area contributed by atoms with Gasteiger partial charge in [0.1, 0.15) is 5.60 Å². The van der Waals surface area contributed by atoms with Crippen LogP contribution in [0.3, 0.4) is 0 Å². The Morgan fingerprint density at radius 2 is 2.00 bits per heavy atom. The molecular weight excluding hydrogens is 192 g/mol. The maximum Gasteiger partial charge on any atom is 0.410 e. The smallest absolute Gasteiger partial charge is 0.410 e. The predicted molar refractivity (Wildman–Crippen MR) is 59.6 cm³/mol. The lowest BCUT2D eigenvalue weighted by atomic mass is 10.1. The van der Waals surface area contributed by atoms with Crippen molar-refractivity contribution in [2.45, 2.75) is 51.7 Å². The molecule has 0 radical (unpaired) electrons. The molecule has 1 rings (SSSR count). The summed E-state index contributed by atoms with van der Waals surface area (Å²) in [6, 6.07) is 0.244. The topological polar surface area (TPSA) is 55.6 Å². The van der Waals surface area contributed by atoms with E-state index in [1.54, 1.807) is 4.90 Å². The largest absolute Gasteiger partial charge is 0.443 e. The Labute approximate surface area is 91.8 Å². The number of nitrogens with two attached hydrogens (primary N) is 1. The van der Waals surface area contributed by atoms with Gasteiger partial charge in [-0.15, -0.1) is 0 Å². The van der Waals surface area contributed by atoms with Crippen molar-refractivity contribution in [3.05, 3.63) is 0 Å². The van der Waals surface area contributed by atoms with Gasteiger partial charge in [-0.1, -0.05) is 6.92 Å². The Bertz CT molecular complexity index is 221. The van der Waals surface area contributed by atoms with Crippen molar-refractivity contribution in [3.63, 3.8) is 0 Å². The average Bonchev–Trinajstić information content (AvgIpc) is 2.18. The molecule has 0 atom stereocenters. The Kier molecular flexibility index (Phi) is 3.97. The molecule has 0 aromatic carbocycles. The third kappa shape index (κ3) is 3.70. The minimum absolute atomic E-state index is 0.200. The van der Waals surface area contributed by atoms with E-state index in [0.717, 1.165) is 32.4 Å². The second kappa shape index (κ2) is 4.84. The van der Waals surface area contributed by atoms with Gasteiger partial charge in [-0.3, -0.25) is 0 Å². The van der Waals surface area contributed by atoms with Crippen molar-refractivity contribution >= 4 is 6.09 Å². The molecule has 1 aliphatic heterocycles. The van der Waals surface area contributed by atoms with Crippen LogP contribution in [0, 0.1) is 0 Å². The zero-order valence-electron chi connectivity index (χ0n) is 9.95. The third-order valence-corrected chi connectivity index (χ3v) is 3.01. The fourth-order valence-electron chi connectivity index (χ4n) is 1.46. The third-order valence-electron chi connectivity index (χ3n) is 3.01. The first-order valence-corrected chi connectivity index (χ1v) is 5.68. The number of piperidine rings is 1. The average molecular weight is 214 g/mol. The zero-order valence-corrected chi connectivity index (χ0v) is 9.95. The molecule has 0 saturated carbocycles. The molecule has 1 fully saturated rings. The van der Waals surface area contributed by atoms with Crippen LogP contribution in [0.5, 0.6) is 0 Å². The number of rotatable bonds is 2. The van der Waals surface area contributed by atoms with Crippen molar-refractivity contribution in [3.8, 4) is 0 Å². The molecule has 4 nitrogen and oxygen atoms in total. The minimum Gasteiger partial charge on any atom is -0.443 e. The van der Waals surface area contributed by atoms with Gasteiger partial charge in [0.05, 0.1) is 0 Å². The molecule has 0 spiro atoms. The Morgan fingerprint density at radius 3 is 2.47 bits per heavy atom. The van der Waals surface area contributed by atoms with Crippen molar-refractivity contribution < 1.29 is 9.53 Å². The number of nitrogens with zero attached hydrogens (tertiary/aromatic N) is 1. The molecular formula is C11H22N2O2. The van der Waals surface area contributed by atoms with Crippen LogP contribution in [0.4, 0.5) is 4.79 Å². The number of amides is 1. The van der Waals surface area contributed by atoms with Crippen molar-refractivity contribution in [2.24, 2.45) is 5.73 Å². The molecule has 1 amide bonds. The van der Waals surface area contributed by atoms with Crippen LogP contribution >= 0.6 is 0 Å². The van der Waals surface area contributed by atoms with Crippen LogP contribution in [0.25, 0.3) is 0 Å². The first-order valence-electron chi connectivity index (χ1n) is 5.68. The zero-order chi connectivity index (χ0) is 11.5. The summed E-state index contributed by atoms with van der Waals surface area (Å²) < 4.78 is 5.41. The number of hydrogen-bond acceptors (Lipinski definition) is 3. The Morgan fingerprint density at radius 1 is 1.47 bits per heavy atom. The van der Waals surface area contributed by atoms with Crippen molar-refractivity contribution in [2.75, 3.05) is 13.1 Å². The van der Waals surface area contributed by atoms with E-state index in [-0.39, 0.29) is 17.7 Å². The number of carbonyl (C=O) groups is 1. The number of carbonyl (C=O) groups excluding carboxylic acids is 1. The van der Waals surface area contributed by atoms with Gasteiger partial charge in [0.2, 0.25) is 0 Å². The molecule has 0 aromatic rings. The number of likely N-dealkylation sites (tertiary alicyclic amines) is 1. The van der Waals surface area contributed by atoms with Crippen LogP contribution in [0.15, 0.2) is 0 Å². The quantitative estimate of drug-likeness (QED) is 0.761. The van der Waals surface area contributed by atoms with Gasteiger partial charge < -0.3 is 15.4 Å². The summed E-state index contributed by atoms with van der Waals surface area (Å²) in [5, 5.41) is 0. The maximum absolute atomic E-state index is 11.7. The lowest BCUT2D eigenvalue weighted by Crippen LogP contribution is -2.45. The highest BCUT2D eigenvalue weighted by molar-refractivity contribution is 5.68. The summed E-state index contributed by atoms with van der Waals surface area (Å²) >= 11 is 0. The lowest BCUT2D eigenvalue weighted by molar-refractivity contribution is 0.00768. The predicted octanol–water partition coefficient (Wildman–Crippen LogP) is 1.73. The summed E-state index contributed by atoms with van der Waals surface area (Å²) in [6.07, 6.45) is 2.38. The first kappa shape index (κ1) is 12.3. The highest BCUT2D eigenvalue weighted by Gasteiger charge is 2.26. The molecule has 0 aliphatic carbocycles. The highest BCUT2D eigenvalue weighted by Crippen LogP contribution is 2.17. The number of hydrogen-bond donors (Lipinski definition) is 1. The van der Waals surface area contributed by atoms with Gasteiger partial charge >= 0.3 is 6.09 Å². The van der Waals surface area contributed by atoms with Crippen LogP contribution < -0.4 is 5.73 Å². The van der Waals surface area contributed by atoms with Crippen LogP contribution in [0.1, 0.15) is 40.0 Å². The molecule has 1 aliphatic rings. The SMILES string of the molecule is CCC(C)(C)OC(=O)N1CCC(N)CC1.